The van der Waals surface area contributed by atoms with Crippen molar-refractivity contribution in [2.75, 3.05) is 12.4 Å². The molecule has 0 aliphatic rings. The Balaban J connectivity index is 1.92. The number of nitrogens with zero attached hydrogens (tertiary/aromatic N) is 4. The number of aromatic nitrogens is 2. The molecule has 1 aromatic carbocycles. The summed E-state index contributed by atoms with van der Waals surface area (Å²) in [5, 5.41) is 11.5. The maximum Gasteiger partial charge on any atom is 0.282 e. The number of halogens is 1. The zero-order valence-electron chi connectivity index (χ0n) is 15.9. The Kier molecular flexibility index (Phi) is 6.29. The molecule has 0 saturated heterocycles. The van der Waals surface area contributed by atoms with Crippen LogP contribution < -0.4 is 11.1 Å². The summed E-state index contributed by atoms with van der Waals surface area (Å²) in [4.78, 5) is 24.7. The second-order valence-corrected chi connectivity index (χ2v) is 6.07. The number of amides is 1. The number of anilines is 1. The minimum atomic E-state index is -0.879. The number of amidine groups is 1. The third-order valence-corrected chi connectivity index (χ3v) is 4.10. The van der Waals surface area contributed by atoms with Crippen LogP contribution in [0.3, 0.4) is 0 Å². The van der Waals surface area contributed by atoms with Crippen molar-refractivity contribution in [1.82, 2.24) is 9.97 Å². The van der Waals surface area contributed by atoms with Gasteiger partial charge in [0.15, 0.2) is 0 Å². The molecular formula is C21H17FN6O2. The molecule has 3 N–H and O–H groups in total. The van der Waals surface area contributed by atoms with Crippen LogP contribution >= 0.6 is 0 Å². The molecule has 3 rings (SSSR count). The number of carbonyl (C=O) groups is 1. The lowest BCUT2D eigenvalue weighted by Crippen LogP contribution is -2.17. The molecular weight excluding hydrogens is 387 g/mol. The van der Waals surface area contributed by atoms with Gasteiger partial charge in [-0.25, -0.2) is 14.4 Å². The van der Waals surface area contributed by atoms with Gasteiger partial charge in [0.2, 0.25) is 0 Å². The largest absolute Gasteiger partial charge is 0.469 e. The smallest absolute Gasteiger partial charge is 0.282 e. The standard InChI is InChI=1S/C21H17FN6O2/c1-30-21(24)28-18(19-16(22)6-3-9-25-19)14-4-2-5-15(10-14)27-20(29)17-8-7-13(11-23)12-26-17/h2-10,12,18H,1H3,(H2,24,28)(H,27,29). The highest BCUT2D eigenvalue weighted by molar-refractivity contribution is 6.02. The Labute approximate surface area is 171 Å². The lowest BCUT2D eigenvalue weighted by Gasteiger charge is -2.15. The molecule has 8 nitrogen and oxygen atoms in total. The number of ether oxygens (including phenoxy) is 1. The fourth-order valence-electron chi connectivity index (χ4n) is 2.65. The first-order valence-electron chi connectivity index (χ1n) is 8.77. The minimum Gasteiger partial charge on any atom is -0.469 e. The van der Waals surface area contributed by atoms with Crippen LogP contribution in [0.5, 0.6) is 0 Å². The average molecular weight is 404 g/mol. The molecule has 0 bridgehead atoms. The van der Waals surface area contributed by atoms with Crippen LogP contribution in [-0.4, -0.2) is 29.0 Å². The summed E-state index contributed by atoms with van der Waals surface area (Å²) in [5.41, 5.74) is 7.24. The van der Waals surface area contributed by atoms with Crippen molar-refractivity contribution >= 4 is 17.6 Å². The van der Waals surface area contributed by atoms with Gasteiger partial charge in [-0.15, -0.1) is 0 Å². The van der Waals surface area contributed by atoms with Crippen LogP contribution in [0.4, 0.5) is 10.1 Å². The molecule has 2 heterocycles. The van der Waals surface area contributed by atoms with Gasteiger partial charge in [0, 0.05) is 18.1 Å². The van der Waals surface area contributed by atoms with Crippen molar-refractivity contribution in [3.05, 3.63) is 89.3 Å². The Morgan fingerprint density at radius 1 is 1.27 bits per heavy atom. The van der Waals surface area contributed by atoms with Gasteiger partial charge in [-0.3, -0.25) is 9.78 Å². The molecule has 0 spiro atoms. The number of nitriles is 1. The van der Waals surface area contributed by atoms with Crippen LogP contribution in [0.25, 0.3) is 0 Å². The summed E-state index contributed by atoms with van der Waals surface area (Å²) < 4.78 is 19.3. The van der Waals surface area contributed by atoms with Gasteiger partial charge < -0.3 is 15.8 Å². The maximum absolute atomic E-state index is 14.4. The van der Waals surface area contributed by atoms with Crippen molar-refractivity contribution in [2.45, 2.75) is 6.04 Å². The quantitative estimate of drug-likeness (QED) is 0.497. The molecule has 0 radical (unpaired) electrons. The number of methoxy groups -OCH3 is 1. The molecule has 9 heteroatoms. The van der Waals surface area contributed by atoms with E-state index in [2.05, 4.69) is 20.3 Å². The highest BCUT2D eigenvalue weighted by Gasteiger charge is 2.20. The SMILES string of the molecule is CO/C(N)=N\C(c1cccc(NC(=O)c2ccc(C#N)cn2)c1)c1ncccc1F. The average Bonchev–Trinajstić information content (AvgIpc) is 2.78. The Bertz CT molecular complexity index is 1120. The number of nitrogens with two attached hydrogens (primary N) is 1. The van der Waals surface area contributed by atoms with Crippen molar-refractivity contribution in [2.24, 2.45) is 10.7 Å². The predicted molar refractivity (Wildman–Crippen MR) is 108 cm³/mol. The van der Waals surface area contributed by atoms with Crippen molar-refractivity contribution in [3.63, 3.8) is 0 Å². The summed E-state index contributed by atoms with van der Waals surface area (Å²) in [7, 11) is 1.35. The summed E-state index contributed by atoms with van der Waals surface area (Å²) in [6.07, 6.45) is 2.76. The number of pyridine rings is 2. The van der Waals surface area contributed by atoms with E-state index >= 15 is 0 Å². The van der Waals surface area contributed by atoms with E-state index in [1.165, 1.54) is 43.8 Å². The van der Waals surface area contributed by atoms with Crippen molar-refractivity contribution < 1.29 is 13.9 Å². The van der Waals surface area contributed by atoms with E-state index in [1.807, 2.05) is 6.07 Å². The first kappa shape index (κ1) is 20.4. The number of hydrogen-bond donors (Lipinski definition) is 2. The lowest BCUT2D eigenvalue weighted by molar-refractivity contribution is 0.102. The molecule has 1 unspecified atom stereocenters. The Hall–Kier alpha value is -4.32. The molecule has 0 saturated carbocycles. The van der Waals surface area contributed by atoms with Gasteiger partial charge in [0.25, 0.3) is 11.9 Å². The van der Waals surface area contributed by atoms with Gasteiger partial charge in [0.05, 0.1) is 12.7 Å². The highest BCUT2D eigenvalue weighted by Crippen LogP contribution is 2.28. The molecule has 0 aliphatic carbocycles. The molecule has 3 aromatic rings. The molecule has 1 amide bonds. The minimum absolute atomic E-state index is 0.0646. The number of benzene rings is 1. The fraction of sp³-hybridized carbons (Fsp3) is 0.0952. The van der Waals surface area contributed by atoms with E-state index < -0.39 is 17.8 Å². The third kappa shape index (κ3) is 4.74. The number of hydrogen-bond acceptors (Lipinski definition) is 6. The number of rotatable bonds is 5. The van der Waals surface area contributed by atoms with E-state index in [9.17, 15) is 9.18 Å². The van der Waals surface area contributed by atoms with E-state index in [4.69, 9.17) is 15.7 Å². The third-order valence-electron chi connectivity index (χ3n) is 4.10. The number of nitrogens with one attached hydrogen (secondary N) is 1. The molecule has 30 heavy (non-hydrogen) atoms. The molecule has 150 valence electrons. The van der Waals surface area contributed by atoms with Gasteiger partial charge in [-0.05, 0) is 42.0 Å². The van der Waals surface area contributed by atoms with Gasteiger partial charge >= 0.3 is 0 Å². The zero-order chi connectivity index (χ0) is 21.5. The predicted octanol–water partition coefficient (Wildman–Crippen LogP) is 2.79. The zero-order valence-corrected chi connectivity index (χ0v) is 15.9. The topological polar surface area (TPSA) is 126 Å². The summed E-state index contributed by atoms with van der Waals surface area (Å²) in [6.45, 7) is 0. The van der Waals surface area contributed by atoms with Crippen molar-refractivity contribution in [3.8, 4) is 6.07 Å². The monoisotopic (exact) mass is 404 g/mol. The summed E-state index contributed by atoms with van der Waals surface area (Å²) >= 11 is 0. The summed E-state index contributed by atoms with van der Waals surface area (Å²) in [5.74, 6) is -1.01. The fourth-order valence-corrected chi connectivity index (χ4v) is 2.65. The van der Waals surface area contributed by atoms with Crippen LogP contribution in [0.2, 0.25) is 0 Å². The van der Waals surface area contributed by atoms with E-state index in [1.54, 1.807) is 24.3 Å². The van der Waals surface area contributed by atoms with Crippen LogP contribution in [0, 0.1) is 17.1 Å². The Morgan fingerprint density at radius 3 is 2.77 bits per heavy atom. The maximum atomic E-state index is 14.4. The first-order chi connectivity index (χ1) is 14.5. The lowest BCUT2D eigenvalue weighted by atomic mass is 10.0. The first-order valence-corrected chi connectivity index (χ1v) is 8.77. The molecule has 0 fully saturated rings. The molecule has 0 aliphatic heterocycles. The van der Waals surface area contributed by atoms with Gasteiger partial charge in [0.1, 0.15) is 29.3 Å². The Morgan fingerprint density at radius 2 is 2.10 bits per heavy atom. The highest BCUT2D eigenvalue weighted by atomic mass is 19.1. The van der Waals surface area contributed by atoms with Crippen molar-refractivity contribution in [1.29, 1.82) is 5.26 Å². The van der Waals surface area contributed by atoms with Gasteiger partial charge in [-0.2, -0.15) is 5.26 Å². The van der Waals surface area contributed by atoms with Crippen LogP contribution in [0.15, 0.2) is 65.9 Å². The number of aliphatic imine (C=N–C) groups is 1. The van der Waals surface area contributed by atoms with E-state index in [0.29, 0.717) is 16.8 Å². The number of carbonyl (C=O) groups excluding carboxylic acids is 1. The normalized spacial score (nSPS) is 12.0. The molecule has 1 atom stereocenters. The molecule has 2 aromatic heterocycles. The second kappa shape index (κ2) is 9.25. The van der Waals surface area contributed by atoms with Crippen LogP contribution in [-0.2, 0) is 4.74 Å². The van der Waals surface area contributed by atoms with E-state index in [-0.39, 0.29) is 17.4 Å². The van der Waals surface area contributed by atoms with Crippen LogP contribution in [0.1, 0.15) is 33.4 Å². The van der Waals surface area contributed by atoms with E-state index in [0.717, 1.165) is 0 Å². The van der Waals surface area contributed by atoms with Gasteiger partial charge in [-0.1, -0.05) is 12.1 Å². The summed E-state index contributed by atoms with van der Waals surface area (Å²) in [6, 6.07) is 13.3. The second-order valence-electron chi connectivity index (χ2n) is 6.07.